The molecule has 0 fully saturated rings. The van der Waals surface area contributed by atoms with E-state index in [1.165, 1.54) is 0 Å². The number of amides is 1. The molecule has 0 aliphatic heterocycles. The molecule has 2 rings (SSSR count). The lowest BCUT2D eigenvalue weighted by molar-refractivity contribution is -0.137. The zero-order chi connectivity index (χ0) is 16.9. The molecule has 0 heterocycles. The number of alkyl halides is 3. The highest BCUT2D eigenvalue weighted by Crippen LogP contribution is 2.29. The van der Waals surface area contributed by atoms with E-state index in [0.29, 0.717) is 0 Å². The molecule has 0 spiro atoms. The highest BCUT2D eigenvalue weighted by atomic mass is 19.4. The van der Waals surface area contributed by atoms with E-state index in [4.69, 9.17) is 4.74 Å². The lowest BCUT2D eigenvalue weighted by Crippen LogP contribution is -2.28. The van der Waals surface area contributed by atoms with Crippen LogP contribution in [0.25, 0.3) is 0 Å². The number of halogens is 3. The Morgan fingerprint density at radius 2 is 1.74 bits per heavy atom. The Morgan fingerprint density at radius 3 is 2.35 bits per heavy atom. The lowest BCUT2D eigenvalue weighted by atomic mass is 10.1. The number of aryl methyl sites for hydroxylation is 1. The van der Waals surface area contributed by atoms with Gasteiger partial charge in [-0.3, -0.25) is 4.79 Å². The summed E-state index contributed by atoms with van der Waals surface area (Å²) in [6.45, 7) is 2.45. The van der Waals surface area contributed by atoms with Crippen molar-refractivity contribution in [1.29, 1.82) is 0 Å². The van der Waals surface area contributed by atoms with Crippen LogP contribution in [0.15, 0.2) is 48.5 Å². The monoisotopic (exact) mass is 323 g/mol. The molecule has 0 radical (unpaired) electrons. The molecule has 2 aromatic rings. The zero-order valence-corrected chi connectivity index (χ0v) is 12.5. The Kier molecular flexibility index (Phi) is 5.26. The fraction of sp³-hybridized carbons (Fsp3) is 0.235. The van der Waals surface area contributed by atoms with Gasteiger partial charge in [0.25, 0.3) is 5.91 Å². The minimum absolute atomic E-state index is 0.175. The number of nitrogens with one attached hydrogen (secondary N) is 1. The third-order valence-electron chi connectivity index (χ3n) is 3.21. The van der Waals surface area contributed by atoms with Crippen molar-refractivity contribution in [3.8, 4) is 5.75 Å². The van der Waals surface area contributed by atoms with Crippen LogP contribution in [0, 0.1) is 6.92 Å². The van der Waals surface area contributed by atoms with Crippen LogP contribution in [0.4, 0.5) is 13.2 Å². The SMILES string of the molecule is Cc1ccccc1OCCNC(=O)c1ccc(C(F)(F)F)cc1. The zero-order valence-electron chi connectivity index (χ0n) is 12.5. The first-order valence-corrected chi connectivity index (χ1v) is 7.02. The van der Waals surface area contributed by atoms with Crippen molar-refractivity contribution in [1.82, 2.24) is 5.32 Å². The van der Waals surface area contributed by atoms with Gasteiger partial charge >= 0.3 is 6.18 Å². The van der Waals surface area contributed by atoms with Gasteiger partial charge in [0.1, 0.15) is 12.4 Å². The van der Waals surface area contributed by atoms with E-state index in [9.17, 15) is 18.0 Å². The van der Waals surface area contributed by atoms with Crippen molar-refractivity contribution in [2.75, 3.05) is 13.2 Å². The van der Waals surface area contributed by atoms with Gasteiger partial charge in [-0.1, -0.05) is 18.2 Å². The summed E-state index contributed by atoms with van der Waals surface area (Å²) in [5.74, 6) is 0.295. The predicted octanol–water partition coefficient (Wildman–Crippen LogP) is 3.82. The Labute approximate surface area is 132 Å². The third kappa shape index (κ3) is 4.74. The first kappa shape index (κ1) is 16.9. The molecule has 0 bridgehead atoms. The molecular formula is C17H16F3NO2. The maximum absolute atomic E-state index is 12.4. The standard InChI is InChI=1S/C17H16F3NO2/c1-12-4-2-3-5-15(12)23-11-10-21-16(22)13-6-8-14(9-7-13)17(18,19)20/h2-9H,10-11H2,1H3,(H,21,22). The van der Waals surface area contributed by atoms with Gasteiger partial charge in [0.15, 0.2) is 0 Å². The highest BCUT2D eigenvalue weighted by Gasteiger charge is 2.30. The average molecular weight is 323 g/mol. The number of ether oxygens (including phenoxy) is 1. The summed E-state index contributed by atoms with van der Waals surface area (Å²) in [4.78, 5) is 11.8. The summed E-state index contributed by atoms with van der Waals surface area (Å²) in [5.41, 5.74) is 0.382. The van der Waals surface area contributed by atoms with Crippen LogP contribution in [0.2, 0.25) is 0 Å². The van der Waals surface area contributed by atoms with Crippen molar-refractivity contribution in [2.45, 2.75) is 13.1 Å². The van der Waals surface area contributed by atoms with Crippen LogP contribution in [0.3, 0.4) is 0 Å². The molecule has 3 nitrogen and oxygen atoms in total. The fourth-order valence-corrected chi connectivity index (χ4v) is 1.96. The summed E-state index contributed by atoms with van der Waals surface area (Å²) in [6, 6.07) is 11.6. The Hall–Kier alpha value is -2.50. The number of benzene rings is 2. The summed E-state index contributed by atoms with van der Waals surface area (Å²) in [7, 11) is 0. The van der Waals surface area contributed by atoms with Gasteiger partial charge in [-0.25, -0.2) is 0 Å². The minimum Gasteiger partial charge on any atom is -0.491 e. The van der Waals surface area contributed by atoms with Crippen molar-refractivity contribution < 1.29 is 22.7 Å². The third-order valence-corrected chi connectivity index (χ3v) is 3.21. The maximum Gasteiger partial charge on any atom is 0.416 e. The second-order valence-electron chi connectivity index (χ2n) is 4.94. The van der Waals surface area contributed by atoms with Crippen LogP contribution in [0.5, 0.6) is 5.75 Å². The molecule has 0 aromatic heterocycles. The van der Waals surface area contributed by atoms with Crippen LogP contribution in [0.1, 0.15) is 21.5 Å². The molecule has 23 heavy (non-hydrogen) atoms. The number of hydrogen-bond donors (Lipinski definition) is 1. The quantitative estimate of drug-likeness (QED) is 0.850. The van der Waals surface area contributed by atoms with Gasteiger partial charge in [-0.05, 0) is 42.8 Å². The van der Waals surface area contributed by atoms with Gasteiger partial charge in [-0.2, -0.15) is 13.2 Å². The molecule has 0 atom stereocenters. The first-order valence-electron chi connectivity index (χ1n) is 7.02. The van der Waals surface area contributed by atoms with Crippen molar-refractivity contribution in [2.24, 2.45) is 0 Å². The predicted molar refractivity (Wildman–Crippen MR) is 80.5 cm³/mol. The minimum atomic E-state index is -4.41. The van der Waals surface area contributed by atoms with E-state index in [-0.39, 0.29) is 18.7 Å². The van der Waals surface area contributed by atoms with Gasteiger partial charge in [0.2, 0.25) is 0 Å². The summed E-state index contributed by atoms with van der Waals surface area (Å²) >= 11 is 0. The lowest BCUT2D eigenvalue weighted by Gasteiger charge is -2.10. The molecule has 1 N–H and O–H groups in total. The normalized spacial score (nSPS) is 11.1. The second-order valence-corrected chi connectivity index (χ2v) is 4.94. The number of carbonyl (C=O) groups excluding carboxylic acids is 1. The molecule has 6 heteroatoms. The fourth-order valence-electron chi connectivity index (χ4n) is 1.96. The van der Waals surface area contributed by atoms with E-state index < -0.39 is 17.6 Å². The van der Waals surface area contributed by atoms with Crippen LogP contribution in [-0.2, 0) is 6.18 Å². The number of carbonyl (C=O) groups is 1. The summed E-state index contributed by atoms with van der Waals surface area (Å²) in [6.07, 6.45) is -4.41. The molecule has 0 unspecified atom stereocenters. The largest absolute Gasteiger partial charge is 0.491 e. The molecule has 2 aromatic carbocycles. The van der Waals surface area contributed by atoms with Gasteiger partial charge < -0.3 is 10.1 Å². The Bertz CT molecular complexity index is 666. The van der Waals surface area contributed by atoms with Gasteiger partial charge in [-0.15, -0.1) is 0 Å². The molecule has 0 saturated carbocycles. The molecule has 122 valence electrons. The van der Waals surface area contributed by atoms with Crippen LogP contribution >= 0.6 is 0 Å². The van der Waals surface area contributed by atoms with Gasteiger partial charge in [0.05, 0.1) is 12.1 Å². The summed E-state index contributed by atoms with van der Waals surface area (Å²) in [5, 5.41) is 2.60. The van der Waals surface area contributed by atoms with E-state index in [1.54, 1.807) is 0 Å². The smallest absolute Gasteiger partial charge is 0.416 e. The number of para-hydroxylation sites is 1. The Balaban J connectivity index is 1.82. The van der Waals surface area contributed by atoms with E-state index >= 15 is 0 Å². The van der Waals surface area contributed by atoms with Crippen molar-refractivity contribution in [3.05, 3.63) is 65.2 Å². The molecule has 1 amide bonds. The van der Waals surface area contributed by atoms with Crippen LogP contribution < -0.4 is 10.1 Å². The number of hydrogen-bond acceptors (Lipinski definition) is 2. The number of rotatable bonds is 5. The van der Waals surface area contributed by atoms with Gasteiger partial charge in [0, 0.05) is 5.56 Å². The van der Waals surface area contributed by atoms with Crippen LogP contribution in [-0.4, -0.2) is 19.1 Å². The van der Waals surface area contributed by atoms with Crippen molar-refractivity contribution >= 4 is 5.91 Å². The van der Waals surface area contributed by atoms with E-state index in [2.05, 4.69) is 5.32 Å². The molecule has 0 aliphatic rings. The summed E-state index contributed by atoms with van der Waals surface area (Å²) < 4.78 is 42.9. The van der Waals surface area contributed by atoms with Crippen molar-refractivity contribution in [3.63, 3.8) is 0 Å². The first-order chi connectivity index (χ1) is 10.9. The molecular weight excluding hydrogens is 307 g/mol. The topological polar surface area (TPSA) is 38.3 Å². The molecule has 0 saturated heterocycles. The van der Waals surface area contributed by atoms with E-state index in [1.807, 2.05) is 31.2 Å². The highest BCUT2D eigenvalue weighted by molar-refractivity contribution is 5.94. The molecule has 0 aliphatic carbocycles. The average Bonchev–Trinajstić information content (AvgIpc) is 2.52. The second kappa shape index (κ2) is 7.17. The van der Waals surface area contributed by atoms with E-state index in [0.717, 1.165) is 35.6 Å². The maximum atomic E-state index is 12.4. The Morgan fingerprint density at radius 1 is 1.09 bits per heavy atom.